The zero-order chi connectivity index (χ0) is 13.1. The summed E-state index contributed by atoms with van der Waals surface area (Å²) in [7, 11) is 3.01. The molecule has 4 nitrogen and oxygen atoms in total. The van der Waals surface area contributed by atoms with Crippen molar-refractivity contribution >= 4 is 5.97 Å². The van der Waals surface area contributed by atoms with E-state index in [2.05, 4.69) is 0 Å². The average Bonchev–Trinajstić information content (AvgIpc) is 2.39. The van der Waals surface area contributed by atoms with Gasteiger partial charge in [-0.1, -0.05) is 24.3 Å². The molecule has 2 rings (SSSR count). The maximum absolute atomic E-state index is 11.4. The summed E-state index contributed by atoms with van der Waals surface area (Å²) >= 11 is 0. The maximum Gasteiger partial charge on any atom is 0.308 e. The van der Waals surface area contributed by atoms with Crippen molar-refractivity contribution in [1.29, 1.82) is 0 Å². The van der Waals surface area contributed by atoms with E-state index in [9.17, 15) is 4.79 Å². The largest absolute Gasteiger partial charge is 0.469 e. The van der Waals surface area contributed by atoms with Crippen LogP contribution in [0.3, 0.4) is 0 Å². The van der Waals surface area contributed by atoms with Gasteiger partial charge in [-0.25, -0.2) is 0 Å². The minimum Gasteiger partial charge on any atom is -0.469 e. The quantitative estimate of drug-likeness (QED) is 0.773. The molecule has 0 unspecified atom stereocenters. The summed E-state index contributed by atoms with van der Waals surface area (Å²) < 4.78 is 16.0. The molecule has 1 aliphatic heterocycles. The number of carbonyl (C=O) groups excluding carboxylic acids is 1. The van der Waals surface area contributed by atoms with E-state index in [1.165, 1.54) is 7.11 Å². The Hall–Kier alpha value is -1.39. The molecule has 0 saturated carbocycles. The number of benzene rings is 1. The molecular formula is C14H18O4. The number of hydrogen-bond acceptors (Lipinski definition) is 4. The topological polar surface area (TPSA) is 44.8 Å². The minimum absolute atomic E-state index is 0.0396. The van der Waals surface area contributed by atoms with Gasteiger partial charge in [0.2, 0.25) is 0 Å². The van der Waals surface area contributed by atoms with Gasteiger partial charge in [-0.15, -0.1) is 0 Å². The molecule has 98 valence electrons. The molecule has 0 saturated heterocycles. The molecule has 3 atom stereocenters. The van der Waals surface area contributed by atoms with Crippen molar-refractivity contribution in [3.05, 3.63) is 35.4 Å². The van der Waals surface area contributed by atoms with E-state index in [1.807, 2.05) is 31.2 Å². The molecule has 1 aliphatic rings. The third kappa shape index (κ3) is 2.40. The first-order chi connectivity index (χ1) is 8.67. The fraction of sp³-hybridized carbons (Fsp3) is 0.500. The Balaban J connectivity index is 2.28. The second-order valence-corrected chi connectivity index (χ2v) is 4.38. The Morgan fingerprint density at radius 2 is 1.94 bits per heavy atom. The summed E-state index contributed by atoms with van der Waals surface area (Å²) in [5, 5.41) is 0. The summed E-state index contributed by atoms with van der Waals surface area (Å²) in [4.78, 5) is 11.4. The van der Waals surface area contributed by atoms with Crippen molar-refractivity contribution in [2.45, 2.75) is 31.7 Å². The van der Waals surface area contributed by atoms with Gasteiger partial charge in [-0.05, 0) is 18.1 Å². The number of esters is 1. The van der Waals surface area contributed by atoms with Crippen LogP contribution in [0.25, 0.3) is 0 Å². The van der Waals surface area contributed by atoms with Crippen molar-refractivity contribution in [1.82, 2.24) is 0 Å². The predicted octanol–water partition coefficient (Wildman–Crippen LogP) is 2.40. The monoisotopic (exact) mass is 250 g/mol. The third-order valence-electron chi connectivity index (χ3n) is 3.31. The molecule has 0 bridgehead atoms. The highest BCUT2D eigenvalue weighted by Crippen LogP contribution is 2.39. The van der Waals surface area contributed by atoms with Gasteiger partial charge in [0.1, 0.15) is 6.10 Å². The van der Waals surface area contributed by atoms with Crippen LogP contribution in [0.15, 0.2) is 24.3 Å². The lowest BCUT2D eigenvalue weighted by molar-refractivity contribution is -0.153. The number of rotatable bonds is 3. The molecule has 0 aromatic heterocycles. The Labute approximate surface area is 107 Å². The molecule has 0 amide bonds. The fourth-order valence-corrected chi connectivity index (χ4v) is 2.43. The van der Waals surface area contributed by atoms with E-state index < -0.39 is 0 Å². The van der Waals surface area contributed by atoms with Gasteiger partial charge < -0.3 is 14.2 Å². The standard InChI is InChI=1S/C14H18O4/c1-9-10-6-4-5-7-11(10)14(17-3)12(18-9)8-13(15)16-2/h4-7,9,12,14H,8H2,1-3H3/t9-,12-,14+/m1/s1. The molecule has 4 heteroatoms. The van der Waals surface area contributed by atoms with Gasteiger partial charge in [0.25, 0.3) is 0 Å². The van der Waals surface area contributed by atoms with Gasteiger partial charge in [0.05, 0.1) is 25.7 Å². The maximum atomic E-state index is 11.4. The molecule has 0 spiro atoms. The van der Waals surface area contributed by atoms with Crippen molar-refractivity contribution in [3.63, 3.8) is 0 Å². The van der Waals surface area contributed by atoms with Crippen LogP contribution >= 0.6 is 0 Å². The lowest BCUT2D eigenvalue weighted by Crippen LogP contribution is -2.33. The van der Waals surface area contributed by atoms with Crippen molar-refractivity contribution in [2.75, 3.05) is 14.2 Å². The number of hydrogen-bond donors (Lipinski definition) is 0. The highest BCUT2D eigenvalue weighted by Gasteiger charge is 2.35. The van der Waals surface area contributed by atoms with Crippen LogP contribution in [0.5, 0.6) is 0 Å². The number of carbonyl (C=O) groups is 1. The molecule has 1 heterocycles. The van der Waals surface area contributed by atoms with E-state index in [-0.39, 0.29) is 30.7 Å². The lowest BCUT2D eigenvalue weighted by Gasteiger charge is -2.35. The highest BCUT2D eigenvalue weighted by molar-refractivity contribution is 5.70. The van der Waals surface area contributed by atoms with Crippen LogP contribution in [0.2, 0.25) is 0 Å². The van der Waals surface area contributed by atoms with Crippen LogP contribution in [0.1, 0.15) is 36.7 Å². The van der Waals surface area contributed by atoms with Crippen molar-refractivity contribution < 1.29 is 19.0 Å². The van der Waals surface area contributed by atoms with E-state index in [0.717, 1.165) is 11.1 Å². The first kappa shape index (κ1) is 13.1. The number of fused-ring (bicyclic) bond motifs is 1. The summed E-state index contributed by atoms with van der Waals surface area (Å²) in [6.07, 6.45) is -0.362. The SMILES string of the molecule is COC(=O)C[C@H]1O[C@H](C)c2ccccc2[C@@H]1OC. The molecule has 0 N–H and O–H groups in total. The molecule has 18 heavy (non-hydrogen) atoms. The second-order valence-electron chi connectivity index (χ2n) is 4.38. The van der Waals surface area contributed by atoms with Crippen molar-refractivity contribution in [3.8, 4) is 0 Å². The Morgan fingerprint density at radius 3 is 2.56 bits per heavy atom. The van der Waals surface area contributed by atoms with Crippen LogP contribution in [0, 0.1) is 0 Å². The van der Waals surface area contributed by atoms with E-state index >= 15 is 0 Å². The number of ether oxygens (including phenoxy) is 3. The Bertz CT molecular complexity index is 430. The molecule has 1 aromatic carbocycles. The van der Waals surface area contributed by atoms with E-state index in [4.69, 9.17) is 14.2 Å². The fourth-order valence-electron chi connectivity index (χ4n) is 2.43. The van der Waals surface area contributed by atoms with Crippen LogP contribution < -0.4 is 0 Å². The minimum atomic E-state index is -0.299. The molecule has 0 radical (unpaired) electrons. The zero-order valence-corrected chi connectivity index (χ0v) is 10.9. The van der Waals surface area contributed by atoms with Crippen LogP contribution in [-0.2, 0) is 19.0 Å². The molecule has 0 aliphatic carbocycles. The normalized spacial score (nSPS) is 26.5. The predicted molar refractivity (Wildman–Crippen MR) is 66.1 cm³/mol. The lowest BCUT2D eigenvalue weighted by atomic mass is 9.91. The van der Waals surface area contributed by atoms with Gasteiger partial charge in [-0.3, -0.25) is 4.79 Å². The third-order valence-corrected chi connectivity index (χ3v) is 3.31. The first-order valence-corrected chi connectivity index (χ1v) is 6.01. The Morgan fingerprint density at radius 1 is 1.28 bits per heavy atom. The molecule has 0 fully saturated rings. The summed E-state index contributed by atoms with van der Waals surface area (Å²) in [5.41, 5.74) is 2.21. The van der Waals surface area contributed by atoms with Crippen molar-refractivity contribution in [2.24, 2.45) is 0 Å². The second kappa shape index (κ2) is 5.50. The number of methoxy groups -OCH3 is 2. The summed E-state index contributed by atoms with van der Waals surface area (Å²) in [5.74, 6) is -0.284. The summed E-state index contributed by atoms with van der Waals surface area (Å²) in [6.45, 7) is 1.98. The Kier molecular flexibility index (Phi) is 3.99. The van der Waals surface area contributed by atoms with E-state index in [1.54, 1.807) is 7.11 Å². The van der Waals surface area contributed by atoms with Gasteiger partial charge >= 0.3 is 5.97 Å². The van der Waals surface area contributed by atoms with Gasteiger partial charge in [-0.2, -0.15) is 0 Å². The smallest absolute Gasteiger partial charge is 0.308 e. The zero-order valence-electron chi connectivity index (χ0n) is 10.9. The van der Waals surface area contributed by atoms with Gasteiger partial charge in [0.15, 0.2) is 0 Å². The first-order valence-electron chi connectivity index (χ1n) is 6.01. The van der Waals surface area contributed by atoms with Gasteiger partial charge in [0, 0.05) is 7.11 Å². The molecular weight excluding hydrogens is 232 g/mol. The molecule has 1 aromatic rings. The van der Waals surface area contributed by atoms with Crippen LogP contribution in [-0.4, -0.2) is 26.3 Å². The highest BCUT2D eigenvalue weighted by atomic mass is 16.6. The summed E-state index contributed by atoms with van der Waals surface area (Å²) in [6, 6.07) is 8.00. The van der Waals surface area contributed by atoms with Crippen LogP contribution in [0.4, 0.5) is 0 Å². The average molecular weight is 250 g/mol. The van der Waals surface area contributed by atoms with E-state index in [0.29, 0.717) is 0 Å².